The highest BCUT2D eigenvalue weighted by atomic mass is 16.5. The third-order valence-corrected chi connectivity index (χ3v) is 3.99. The standard InChI is InChI=1S/C14H28N2O2/c1-11-6-4-7-12(10-11)18-9-5-8-14(2,3)13(15)16-17/h11-12,17H,4-10H2,1-3H3,(H2,15,16). The van der Waals surface area contributed by atoms with Crippen molar-refractivity contribution in [1.82, 2.24) is 0 Å². The predicted octanol–water partition coefficient (Wildman–Crippen LogP) is 3.13. The van der Waals surface area contributed by atoms with Gasteiger partial charge in [-0.25, -0.2) is 0 Å². The second-order valence-corrected chi connectivity index (χ2v) is 6.24. The molecule has 0 aromatic rings. The van der Waals surface area contributed by atoms with Crippen LogP contribution in [0, 0.1) is 11.3 Å². The zero-order chi connectivity index (χ0) is 13.6. The summed E-state index contributed by atoms with van der Waals surface area (Å²) >= 11 is 0. The van der Waals surface area contributed by atoms with E-state index >= 15 is 0 Å². The zero-order valence-corrected chi connectivity index (χ0v) is 12.0. The SMILES string of the molecule is CC1CCCC(OCCCC(C)(C)C(N)=NO)C1. The smallest absolute Gasteiger partial charge is 0.144 e. The van der Waals surface area contributed by atoms with Gasteiger partial charge in [-0.2, -0.15) is 0 Å². The van der Waals surface area contributed by atoms with Crippen LogP contribution < -0.4 is 5.73 Å². The van der Waals surface area contributed by atoms with Crippen LogP contribution in [0.15, 0.2) is 5.16 Å². The molecule has 0 heterocycles. The maximum Gasteiger partial charge on any atom is 0.144 e. The normalized spacial score (nSPS) is 26.3. The van der Waals surface area contributed by atoms with Crippen molar-refractivity contribution in [3.05, 3.63) is 0 Å². The van der Waals surface area contributed by atoms with Crippen molar-refractivity contribution >= 4 is 5.84 Å². The summed E-state index contributed by atoms with van der Waals surface area (Å²) in [5.74, 6) is 1.10. The van der Waals surface area contributed by atoms with Gasteiger partial charge in [0.1, 0.15) is 5.84 Å². The summed E-state index contributed by atoms with van der Waals surface area (Å²) in [5, 5.41) is 11.8. The lowest BCUT2D eigenvalue weighted by molar-refractivity contribution is 0.0121. The molecule has 1 rings (SSSR count). The topological polar surface area (TPSA) is 67.8 Å². The number of hydrogen-bond acceptors (Lipinski definition) is 3. The number of amidine groups is 1. The second-order valence-electron chi connectivity index (χ2n) is 6.24. The summed E-state index contributed by atoms with van der Waals surface area (Å²) in [5.41, 5.74) is 5.40. The molecule has 1 aliphatic rings. The number of rotatable bonds is 6. The highest BCUT2D eigenvalue weighted by Gasteiger charge is 2.24. The van der Waals surface area contributed by atoms with E-state index in [0.717, 1.165) is 25.4 Å². The molecule has 3 N–H and O–H groups in total. The van der Waals surface area contributed by atoms with Crippen LogP contribution in [0.5, 0.6) is 0 Å². The molecule has 106 valence electrons. The lowest BCUT2D eigenvalue weighted by Crippen LogP contribution is -2.32. The minimum atomic E-state index is -0.252. The molecule has 0 amide bonds. The first-order chi connectivity index (χ1) is 8.45. The van der Waals surface area contributed by atoms with Gasteiger partial charge in [0.15, 0.2) is 0 Å². The molecule has 2 unspecified atom stereocenters. The summed E-state index contributed by atoms with van der Waals surface area (Å²) in [6.45, 7) is 7.06. The lowest BCUT2D eigenvalue weighted by atomic mass is 9.86. The maximum absolute atomic E-state index is 8.69. The highest BCUT2D eigenvalue weighted by molar-refractivity contribution is 5.85. The van der Waals surface area contributed by atoms with E-state index in [-0.39, 0.29) is 5.41 Å². The van der Waals surface area contributed by atoms with E-state index in [1.165, 1.54) is 25.7 Å². The quantitative estimate of drug-likeness (QED) is 0.252. The van der Waals surface area contributed by atoms with Crippen molar-refractivity contribution in [3.8, 4) is 0 Å². The van der Waals surface area contributed by atoms with Gasteiger partial charge in [-0.15, -0.1) is 0 Å². The molecule has 0 aromatic carbocycles. The van der Waals surface area contributed by atoms with Crippen molar-refractivity contribution in [1.29, 1.82) is 0 Å². The Kier molecular flexibility index (Phi) is 5.93. The lowest BCUT2D eigenvalue weighted by Gasteiger charge is -2.27. The van der Waals surface area contributed by atoms with Gasteiger partial charge in [0.05, 0.1) is 6.10 Å². The second kappa shape index (κ2) is 6.98. The Morgan fingerprint density at radius 3 is 2.78 bits per heavy atom. The zero-order valence-electron chi connectivity index (χ0n) is 12.0. The number of hydrogen-bond donors (Lipinski definition) is 2. The molecule has 1 fully saturated rings. The fourth-order valence-electron chi connectivity index (χ4n) is 2.56. The summed E-state index contributed by atoms with van der Waals surface area (Å²) in [6, 6.07) is 0. The number of nitrogens with zero attached hydrogens (tertiary/aromatic N) is 1. The van der Waals surface area contributed by atoms with E-state index in [0.29, 0.717) is 11.9 Å². The summed E-state index contributed by atoms with van der Waals surface area (Å²) in [4.78, 5) is 0. The predicted molar refractivity (Wildman–Crippen MR) is 73.8 cm³/mol. The Balaban J connectivity index is 2.18. The third kappa shape index (κ3) is 4.84. The molecule has 1 saturated carbocycles. The van der Waals surface area contributed by atoms with E-state index < -0.39 is 0 Å². The van der Waals surface area contributed by atoms with Crippen LogP contribution in [-0.4, -0.2) is 23.8 Å². The van der Waals surface area contributed by atoms with Crippen LogP contribution in [0.1, 0.15) is 59.3 Å². The minimum absolute atomic E-state index is 0.252. The van der Waals surface area contributed by atoms with Crippen LogP contribution >= 0.6 is 0 Å². The van der Waals surface area contributed by atoms with Crippen molar-refractivity contribution < 1.29 is 9.94 Å². The van der Waals surface area contributed by atoms with E-state index in [1.54, 1.807) is 0 Å². The van der Waals surface area contributed by atoms with Crippen LogP contribution in [0.4, 0.5) is 0 Å². The van der Waals surface area contributed by atoms with Gasteiger partial charge < -0.3 is 15.7 Å². The molecule has 0 radical (unpaired) electrons. The average molecular weight is 256 g/mol. The molecule has 2 atom stereocenters. The third-order valence-electron chi connectivity index (χ3n) is 3.99. The fraction of sp³-hybridized carbons (Fsp3) is 0.929. The van der Waals surface area contributed by atoms with Crippen LogP contribution in [0.25, 0.3) is 0 Å². The first-order valence-electron chi connectivity index (χ1n) is 7.05. The molecule has 0 aliphatic heterocycles. The van der Waals surface area contributed by atoms with Crippen LogP contribution in [0.3, 0.4) is 0 Å². The molecule has 4 nitrogen and oxygen atoms in total. The maximum atomic E-state index is 8.69. The van der Waals surface area contributed by atoms with E-state index in [2.05, 4.69) is 12.1 Å². The van der Waals surface area contributed by atoms with Crippen molar-refractivity contribution in [2.45, 2.75) is 65.4 Å². The molecule has 0 saturated heterocycles. The first-order valence-corrected chi connectivity index (χ1v) is 7.05. The summed E-state index contributed by atoms with van der Waals surface area (Å²) in [7, 11) is 0. The van der Waals surface area contributed by atoms with Crippen LogP contribution in [0.2, 0.25) is 0 Å². The number of nitrogens with two attached hydrogens (primary N) is 1. The number of oxime groups is 1. The minimum Gasteiger partial charge on any atom is -0.409 e. The largest absolute Gasteiger partial charge is 0.409 e. The fourth-order valence-corrected chi connectivity index (χ4v) is 2.56. The van der Waals surface area contributed by atoms with Gasteiger partial charge in [0, 0.05) is 12.0 Å². The van der Waals surface area contributed by atoms with Crippen molar-refractivity contribution in [2.75, 3.05) is 6.61 Å². The van der Waals surface area contributed by atoms with E-state index in [9.17, 15) is 0 Å². The molecule has 4 heteroatoms. The van der Waals surface area contributed by atoms with Gasteiger partial charge in [-0.1, -0.05) is 38.8 Å². The van der Waals surface area contributed by atoms with Gasteiger partial charge in [-0.3, -0.25) is 0 Å². The Labute approximate surface area is 111 Å². The molecule has 1 aliphatic carbocycles. The molecule has 0 aromatic heterocycles. The van der Waals surface area contributed by atoms with Crippen molar-refractivity contribution in [3.63, 3.8) is 0 Å². The molecule has 0 spiro atoms. The Hall–Kier alpha value is -0.770. The molecular weight excluding hydrogens is 228 g/mol. The number of ether oxygens (including phenoxy) is 1. The Morgan fingerprint density at radius 2 is 2.17 bits per heavy atom. The summed E-state index contributed by atoms with van der Waals surface area (Å²) in [6.07, 6.45) is 7.31. The average Bonchev–Trinajstić information content (AvgIpc) is 2.33. The molecule has 0 bridgehead atoms. The van der Waals surface area contributed by atoms with Gasteiger partial charge in [0.2, 0.25) is 0 Å². The van der Waals surface area contributed by atoms with Crippen molar-refractivity contribution in [2.24, 2.45) is 22.2 Å². The van der Waals surface area contributed by atoms with Gasteiger partial charge in [-0.05, 0) is 31.6 Å². The van der Waals surface area contributed by atoms with Gasteiger partial charge in [0.25, 0.3) is 0 Å². The Bertz CT molecular complexity index is 277. The monoisotopic (exact) mass is 256 g/mol. The molecular formula is C14H28N2O2. The van der Waals surface area contributed by atoms with E-state index in [1.807, 2.05) is 13.8 Å². The van der Waals surface area contributed by atoms with Gasteiger partial charge >= 0.3 is 0 Å². The molecule has 18 heavy (non-hydrogen) atoms. The van der Waals surface area contributed by atoms with E-state index in [4.69, 9.17) is 15.7 Å². The Morgan fingerprint density at radius 1 is 1.44 bits per heavy atom. The highest BCUT2D eigenvalue weighted by Crippen LogP contribution is 2.27. The van der Waals surface area contributed by atoms with Crippen LogP contribution in [-0.2, 0) is 4.74 Å². The first kappa shape index (κ1) is 15.3. The summed E-state index contributed by atoms with van der Waals surface area (Å²) < 4.78 is 5.92.